The summed E-state index contributed by atoms with van der Waals surface area (Å²) in [4.78, 5) is 20.8. The Labute approximate surface area is 212 Å². The zero-order chi connectivity index (χ0) is 25.2. The van der Waals surface area contributed by atoms with Crippen molar-refractivity contribution in [3.05, 3.63) is 65.7 Å². The molecule has 1 fully saturated rings. The van der Waals surface area contributed by atoms with Gasteiger partial charge in [-0.15, -0.1) is 0 Å². The topological polar surface area (TPSA) is 105 Å². The number of aliphatic imine (C=N–C) groups is 1. The van der Waals surface area contributed by atoms with Crippen molar-refractivity contribution in [2.45, 2.75) is 31.4 Å². The molecule has 9 nitrogen and oxygen atoms in total. The van der Waals surface area contributed by atoms with Gasteiger partial charge in [0, 0.05) is 51.2 Å². The summed E-state index contributed by atoms with van der Waals surface area (Å²) >= 11 is 0. The van der Waals surface area contributed by atoms with E-state index < -0.39 is 11.6 Å². The Morgan fingerprint density at radius 1 is 1.17 bits per heavy atom. The molecule has 2 aliphatic rings. The zero-order valence-electron chi connectivity index (χ0n) is 20.8. The highest BCUT2D eigenvalue weighted by Crippen LogP contribution is 2.32. The molecule has 0 bridgehead atoms. The third kappa shape index (κ3) is 6.61. The van der Waals surface area contributed by atoms with Crippen LogP contribution in [0.4, 0.5) is 0 Å². The lowest BCUT2D eigenvalue weighted by Crippen LogP contribution is -2.56. The molecule has 2 aromatic carbocycles. The molecule has 0 spiro atoms. The van der Waals surface area contributed by atoms with E-state index in [1.54, 1.807) is 0 Å². The highest BCUT2D eigenvalue weighted by Gasteiger charge is 2.50. The van der Waals surface area contributed by atoms with Gasteiger partial charge in [0.2, 0.25) is 5.90 Å². The predicted octanol–water partition coefficient (Wildman–Crippen LogP) is 1.55. The molecule has 2 atom stereocenters. The van der Waals surface area contributed by atoms with Crippen LogP contribution < -0.4 is 15.6 Å². The molecule has 1 saturated heterocycles. The summed E-state index contributed by atoms with van der Waals surface area (Å²) in [7, 11) is 0. The van der Waals surface area contributed by atoms with Crippen LogP contribution in [-0.4, -0.2) is 86.1 Å². The first kappa shape index (κ1) is 26.1. The number of carbonyl (C=O) groups excluding carboxylic acids is 1. The normalized spacial score (nSPS) is 22.1. The fourth-order valence-corrected chi connectivity index (χ4v) is 4.34. The maximum atomic E-state index is 13.6. The molecule has 0 aliphatic carbocycles. The smallest absolute Gasteiger partial charge is 0.266 e. The van der Waals surface area contributed by atoms with Crippen molar-refractivity contribution >= 4 is 11.8 Å². The molecule has 1 amide bonds. The van der Waals surface area contributed by atoms with E-state index in [9.17, 15) is 4.79 Å². The van der Waals surface area contributed by atoms with Crippen LogP contribution in [0.2, 0.25) is 0 Å². The number of aliphatic hydroxyl groups excluding tert-OH is 1. The van der Waals surface area contributed by atoms with Crippen LogP contribution in [0.25, 0.3) is 0 Å². The van der Waals surface area contributed by atoms with Crippen molar-refractivity contribution < 1.29 is 24.1 Å². The Morgan fingerprint density at radius 3 is 2.64 bits per heavy atom. The summed E-state index contributed by atoms with van der Waals surface area (Å²) in [6.07, 6.45) is 0.527. The molecule has 194 valence electrons. The van der Waals surface area contributed by atoms with Gasteiger partial charge in [-0.2, -0.15) is 0 Å². The number of ether oxygens (including phenoxy) is 3. The maximum absolute atomic E-state index is 13.6. The van der Waals surface area contributed by atoms with E-state index in [-0.39, 0.29) is 12.5 Å². The van der Waals surface area contributed by atoms with Crippen molar-refractivity contribution in [2.75, 3.05) is 52.6 Å². The fraction of sp³-hybridized carbons (Fsp3) is 0.481. The van der Waals surface area contributed by atoms with E-state index >= 15 is 0 Å². The number of rotatable bonds is 12. The molecule has 2 aliphatic heterocycles. The number of carbonyl (C=O) groups is 1. The molecule has 36 heavy (non-hydrogen) atoms. The first-order valence-corrected chi connectivity index (χ1v) is 12.6. The maximum Gasteiger partial charge on any atom is 0.266 e. The van der Waals surface area contributed by atoms with E-state index in [0.717, 1.165) is 44.0 Å². The Balaban J connectivity index is 1.47. The van der Waals surface area contributed by atoms with Crippen molar-refractivity contribution in [3.63, 3.8) is 0 Å². The van der Waals surface area contributed by atoms with Gasteiger partial charge in [-0.3, -0.25) is 15.1 Å². The van der Waals surface area contributed by atoms with Gasteiger partial charge in [-0.25, -0.2) is 10.4 Å². The number of aliphatic hydroxyl groups is 1. The summed E-state index contributed by atoms with van der Waals surface area (Å²) < 4.78 is 17.2. The van der Waals surface area contributed by atoms with E-state index in [4.69, 9.17) is 24.3 Å². The highest BCUT2D eigenvalue weighted by molar-refractivity contribution is 6.00. The molecule has 0 radical (unpaired) electrons. The van der Waals surface area contributed by atoms with E-state index in [0.29, 0.717) is 37.6 Å². The average molecular weight is 497 g/mol. The molecule has 4 rings (SSSR count). The first-order chi connectivity index (χ1) is 17.6. The van der Waals surface area contributed by atoms with Crippen LogP contribution in [-0.2, 0) is 20.7 Å². The van der Waals surface area contributed by atoms with E-state index in [1.165, 1.54) is 0 Å². The Kier molecular flexibility index (Phi) is 9.29. The second kappa shape index (κ2) is 12.8. The molecular weight excluding hydrogens is 460 g/mol. The van der Waals surface area contributed by atoms with Gasteiger partial charge in [-0.05, 0) is 36.8 Å². The lowest BCUT2D eigenvalue weighted by Gasteiger charge is -2.29. The Hall–Kier alpha value is -2.98. The van der Waals surface area contributed by atoms with Gasteiger partial charge in [-0.1, -0.05) is 30.3 Å². The fourth-order valence-electron chi connectivity index (χ4n) is 4.34. The number of hydrazine groups is 1. The molecule has 0 saturated carbocycles. The minimum absolute atomic E-state index is 0.0915. The number of nitrogens with one attached hydrogen (secondary N) is 2. The number of hydrogen-bond donors (Lipinski definition) is 3. The van der Waals surface area contributed by atoms with Crippen molar-refractivity contribution in [1.29, 1.82) is 0 Å². The molecular formula is C27H36N4O5. The minimum Gasteiger partial charge on any atom is -0.494 e. The summed E-state index contributed by atoms with van der Waals surface area (Å²) in [6.45, 7) is 7.16. The van der Waals surface area contributed by atoms with Crippen LogP contribution in [0, 0.1) is 0 Å². The number of hydrogen-bond acceptors (Lipinski definition) is 8. The molecule has 2 heterocycles. The van der Waals surface area contributed by atoms with Gasteiger partial charge in [0.1, 0.15) is 11.9 Å². The highest BCUT2D eigenvalue weighted by atomic mass is 16.5. The lowest BCUT2D eigenvalue weighted by molar-refractivity contribution is -0.129. The number of nitrogens with zero attached hydrogens (tertiary/aromatic N) is 2. The second-order valence-corrected chi connectivity index (χ2v) is 9.05. The van der Waals surface area contributed by atoms with Crippen LogP contribution in [0.5, 0.6) is 5.75 Å². The lowest BCUT2D eigenvalue weighted by atomic mass is 9.86. The van der Waals surface area contributed by atoms with Gasteiger partial charge in [0.25, 0.3) is 5.91 Å². The molecule has 0 unspecified atom stereocenters. The Morgan fingerprint density at radius 2 is 1.92 bits per heavy atom. The van der Waals surface area contributed by atoms with Crippen molar-refractivity contribution in [1.82, 2.24) is 15.8 Å². The third-order valence-corrected chi connectivity index (χ3v) is 6.50. The molecule has 0 aromatic heterocycles. The average Bonchev–Trinajstić information content (AvgIpc) is 3.25. The van der Waals surface area contributed by atoms with Gasteiger partial charge in [0.15, 0.2) is 5.54 Å². The standard InChI is InChI=1S/C27H36N4O5/c1-21-27(20-22-6-3-2-4-7-22,26(33)30-28-12-13-31-14-18-34-19-15-31)29-25(36-21)23-8-10-24(11-9-23)35-17-5-16-32/h2-4,6-11,21,28,32H,5,12-20H2,1H3,(H,30,33)/t21-,27-/m0/s1. The zero-order valence-corrected chi connectivity index (χ0v) is 20.8. The molecule has 2 aromatic rings. The van der Waals surface area contributed by atoms with Crippen molar-refractivity contribution in [3.8, 4) is 5.75 Å². The van der Waals surface area contributed by atoms with Crippen LogP contribution in [0.3, 0.4) is 0 Å². The summed E-state index contributed by atoms with van der Waals surface area (Å²) in [5.41, 5.74) is 6.65. The van der Waals surface area contributed by atoms with Gasteiger partial charge >= 0.3 is 0 Å². The summed E-state index contributed by atoms with van der Waals surface area (Å²) in [5, 5.41) is 8.93. The number of benzene rings is 2. The number of amides is 1. The van der Waals surface area contributed by atoms with Crippen LogP contribution in [0.15, 0.2) is 59.6 Å². The second-order valence-electron chi connectivity index (χ2n) is 9.05. The largest absolute Gasteiger partial charge is 0.494 e. The quantitative estimate of drug-likeness (QED) is 0.303. The van der Waals surface area contributed by atoms with Gasteiger partial charge < -0.3 is 19.3 Å². The van der Waals surface area contributed by atoms with Crippen LogP contribution >= 0.6 is 0 Å². The SMILES string of the molecule is C[C@@H]1OC(c2ccc(OCCCO)cc2)=N[C@]1(Cc1ccccc1)C(=O)NNCCN1CCOCC1. The molecule has 9 heteroatoms. The monoisotopic (exact) mass is 496 g/mol. The number of morpholine rings is 1. The van der Waals surface area contributed by atoms with Crippen molar-refractivity contribution in [2.24, 2.45) is 4.99 Å². The predicted molar refractivity (Wildman–Crippen MR) is 137 cm³/mol. The molecule has 3 N–H and O–H groups in total. The van der Waals surface area contributed by atoms with Crippen LogP contribution in [0.1, 0.15) is 24.5 Å². The first-order valence-electron chi connectivity index (χ1n) is 12.6. The van der Waals surface area contributed by atoms with E-state index in [2.05, 4.69) is 15.8 Å². The summed E-state index contributed by atoms with van der Waals surface area (Å²) in [5.74, 6) is 0.917. The van der Waals surface area contributed by atoms with E-state index in [1.807, 2.05) is 61.5 Å². The van der Waals surface area contributed by atoms with Gasteiger partial charge in [0.05, 0.1) is 19.8 Å². The Bertz CT molecular complexity index is 995. The summed E-state index contributed by atoms with van der Waals surface area (Å²) in [6, 6.07) is 17.3. The minimum atomic E-state index is -1.11. The third-order valence-electron chi connectivity index (χ3n) is 6.50.